The average molecular weight is 373 g/mol. The number of methoxy groups -OCH3 is 1. The number of nitrogens with one attached hydrogen (secondary N) is 2. The van der Waals surface area contributed by atoms with Crippen molar-refractivity contribution in [2.75, 3.05) is 12.4 Å². The van der Waals surface area contributed by atoms with Crippen LogP contribution in [0.15, 0.2) is 65.6 Å². The lowest BCUT2D eigenvalue weighted by molar-refractivity contribution is 0.102. The topological polar surface area (TPSA) is 110 Å². The number of rotatable bonds is 4. The standard InChI is InChI=1S/C20H15N5O3/c1-28-15-10-6-5-9-13(15)16-22-17-14(19(27)23-16)11-21-20(24-17)25-18(26)12-7-3-2-4-8-12/h2-11H,1H3,(H2,21,22,23,24,25,26,27). The van der Waals surface area contributed by atoms with Gasteiger partial charge in [0.25, 0.3) is 11.5 Å². The SMILES string of the molecule is COc1ccccc1-c1nc2nc(NC(=O)c3ccccc3)ncc2c(=O)[nH]1. The number of H-pyrrole nitrogens is 1. The number of hydrogen-bond acceptors (Lipinski definition) is 6. The van der Waals surface area contributed by atoms with Crippen molar-refractivity contribution in [1.29, 1.82) is 0 Å². The zero-order valence-corrected chi connectivity index (χ0v) is 14.8. The molecule has 0 aliphatic carbocycles. The van der Waals surface area contributed by atoms with Gasteiger partial charge in [0.2, 0.25) is 5.95 Å². The van der Waals surface area contributed by atoms with E-state index in [0.29, 0.717) is 22.7 Å². The third-order valence-electron chi connectivity index (χ3n) is 4.09. The van der Waals surface area contributed by atoms with E-state index in [-0.39, 0.29) is 28.4 Å². The summed E-state index contributed by atoms with van der Waals surface area (Å²) in [5.74, 6) is 0.589. The first-order valence-corrected chi connectivity index (χ1v) is 8.42. The Labute approximate surface area is 159 Å². The number of carbonyl (C=O) groups excluding carboxylic acids is 1. The van der Waals surface area contributed by atoms with Crippen molar-refractivity contribution in [3.8, 4) is 17.1 Å². The molecule has 0 spiro atoms. The Hall–Kier alpha value is -4.07. The Morgan fingerprint density at radius 2 is 1.79 bits per heavy atom. The van der Waals surface area contributed by atoms with Crippen molar-refractivity contribution < 1.29 is 9.53 Å². The lowest BCUT2D eigenvalue weighted by Gasteiger charge is -2.08. The molecule has 4 aromatic rings. The summed E-state index contributed by atoms with van der Waals surface area (Å²) in [5, 5.41) is 2.83. The zero-order valence-electron chi connectivity index (χ0n) is 14.8. The van der Waals surface area contributed by atoms with Gasteiger partial charge in [0, 0.05) is 11.8 Å². The van der Waals surface area contributed by atoms with Gasteiger partial charge in [0.1, 0.15) is 17.0 Å². The van der Waals surface area contributed by atoms with Gasteiger partial charge in [0.05, 0.1) is 12.7 Å². The third kappa shape index (κ3) is 3.30. The molecule has 8 nitrogen and oxygen atoms in total. The summed E-state index contributed by atoms with van der Waals surface area (Å²) >= 11 is 0. The second-order valence-corrected chi connectivity index (χ2v) is 5.87. The first-order valence-electron chi connectivity index (χ1n) is 8.42. The monoisotopic (exact) mass is 373 g/mol. The zero-order chi connectivity index (χ0) is 19.5. The van der Waals surface area contributed by atoms with Crippen LogP contribution in [0.1, 0.15) is 10.4 Å². The number of nitrogens with zero attached hydrogens (tertiary/aromatic N) is 3. The highest BCUT2D eigenvalue weighted by Gasteiger charge is 2.13. The second-order valence-electron chi connectivity index (χ2n) is 5.87. The van der Waals surface area contributed by atoms with Crippen molar-refractivity contribution in [3.63, 3.8) is 0 Å². The summed E-state index contributed by atoms with van der Waals surface area (Å²) in [6.45, 7) is 0. The van der Waals surface area contributed by atoms with Gasteiger partial charge in [-0.25, -0.2) is 9.97 Å². The van der Waals surface area contributed by atoms with E-state index in [2.05, 4.69) is 25.3 Å². The molecule has 2 aromatic heterocycles. The number of hydrogen-bond donors (Lipinski definition) is 2. The molecule has 4 rings (SSSR count). The highest BCUT2D eigenvalue weighted by molar-refractivity contribution is 6.03. The summed E-state index contributed by atoms with van der Waals surface area (Å²) in [7, 11) is 1.54. The van der Waals surface area contributed by atoms with Crippen LogP contribution in [-0.2, 0) is 0 Å². The first kappa shape index (κ1) is 17.3. The van der Waals surface area contributed by atoms with E-state index < -0.39 is 0 Å². The number of ether oxygens (including phenoxy) is 1. The van der Waals surface area contributed by atoms with E-state index in [0.717, 1.165) is 0 Å². The molecule has 2 N–H and O–H groups in total. The van der Waals surface area contributed by atoms with E-state index >= 15 is 0 Å². The highest BCUT2D eigenvalue weighted by atomic mass is 16.5. The molecule has 0 aliphatic rings. The predicted molar refractivity (Wildman–Crippen MR) is 104 cm³/mol. The number of benzene rings is 2. The minimum Gasteiger partial charge on any atom is -0.496 e. The maximum Gasteiger partial charge on any atom is 0.262 e. The van der Waals surface area contributed by atoms with E-state index in [1.165, 1.54) is 13.3 Å². The minimum absolute atomic E-state index is 0.0606. The van der Waals surface area contributed by atoms with Gasteiger partial charge >= 0.3 is 0 Å². The second kappa shape index (κ2) is 7.28. The molecule has 0 aliphatic heterocycles. The van der Waals surface area contributed by atoms with Gasteiger partial charge < -0.3 is 9.72 Å². The van der Waals surface area contributed by atoms with Crippen molar-refractivity contribution in [2.45, 2.75) is 0 Å². The molecule has 0 unspecified atom stereocenters. The van der Waals surface area contributed by atoms with Crippen LogP contribution in [0.5, 0.6) is 5.75 Å². The molecule has 2 aromatic carbocycles. The summed E-state index contributed by atoms with van der Waals surface area (Å²) in [4.78, 5) is 40.1. The van der Waals surface area contributed by atoms with Crippen molar-refractivity contribution in [2.24, 2.45) is 0 Å². The quantitative estimate of drug-likeness (QED) is 0.569. The molecule has 2 heterocycles. The van der Waals surface area contributed by atoms with Crippen LogP contribution in [0, 0.1) is 0 Å². The number of aromatic amines is 1. The number of anilines is 1. The molecular weight excluding hydrogens is 358 g/mol. The van der Waals surface area contributed by atoms with Crippen LogP contribution in [0.2, 0.25) is 0 Å². The Bertz CT molecular complexity index is 1220. The van der Waals surface area contributed by atoms with Gasteiger partial charge in [-0.3, -0.25) is 14.9 Å². The molecule has 0 atom stereocenters. The van der Waals surface area contributed by atoms with Crippen molar-refractivity contribution in [1.82, 2.24) is 19.9 Å². The number of carbonyl (C=O) groups is 1. The van der Waals surface area contributed by atoms with Crippen LogP contribution < -0.4 is 15.6 Å². The molecule has 0 saturated heterocycles. The van der Waals surface area contributed by atoms with Crippen LogP contribution in [0.4, 0.5) is 5.95 Å². The lowest BCUT2D eigenvalue weighted by Crippen LogP contribution is -2.16. The van der Waals surface area contributed by atoms with Gasteiger partial charge in [-0.1, -0.05) is 30.3 Å². The van der Waals surface area contributed by atoms with E-state index in [1.54, 1.807) is 36.4 Å². The lowest BCUT2D eigenvalue weighted by atomic mass is 10.2. The average Bonchev–Trinajstić information content (AvgIpc) is 2.74. The normalized spacial score (nSPS) is 10.6. The molecule has 0 bridgehead atoms. The molecule has 1 amide bonds. The van der Waals surface area contributed by atoms with Gasteiger partial charge in [-0.15, -0.1) is 0 Å². The molecule has 0 saturated carbocycles. The van der Waals surface area contributed by atoms with Gasteiger partial charge in [-0.2, -0.15) is 4.98 Å². The van der Waals surface area contributed by atoms with Crippen molar-refractivity contribution >= 4 is 22.9 Å². The number of para-hydroxylation sites is 1. The van der Waals surface area contributed by atoms with Gasteiger partial charge in [0.15, 0.2) is 5.65 Å². The number of fused-ring (bicyclic) bond motifs is 1. The fourth-order valence-electron chi connectivity index (χ4n) is 2.72. The summed E-state index contributed by atoms with van der Waals surface area (Å²) in [6, 6.07) is 15.9. The van der Waals surface area contributed by atoms with E-state index in [9.17, 15) is 9.59 Å². The minimum atomic E-state index is -0.383. The van der Waals surface area contributed by atoms with Crippen LogP contribution in [0.25, 0.3) is 22.4 Å². The molecule has 0 fully saturated rings. The molecule has 28 heavy (non-hydrogen) atoms. The van der Waals surface area contributed by atoms with Crippen LogP contribution in [-0.4, -0.2) is 33.0 Å². The molecule has 0 radical (unpaired) electrons. The largest absolute Gasteiger partial charge is 0.496 e. The number of aromatic nitrogens is 4. The third-order valence-corrected chi connectivity index (χ3v) is 4.09. The summed E-state index contributed by atoms with van der Waals surface area (Å²) in [5.41, 5.74) is 0.882. The maximum atomic E-state index is 12.4. The molecular formula is C20H15N5O3. The Morgan fingerprint density at radius 3 is 2.57 bits per heavy atom. The Morgan fingerprint density at radius 1 is 1.04 bits per heavy atom. The Balaban J connectivity index is 1.74. The number of amides is 1. The first-order chi connectivity index (χ1) is 13.7. The summed E-state index contributed by atoms with van der Waals surface area (Å²) < 4.78 is 5.33. The van der Waals surface area contributed by atoms with Gasteiger partial charge in [-0.05, 0) is 24.3 Å². The van der Waals surface area contributed by atoms with Crippen LogP contribution >= 0.6 is 0 Å². The highest BCUT2D eigenvalue weighted by Crippen LogP contribution is 2.26. The van der Waals surface area contributed by atoms with E-state index in [1.807, 2.05) is 18.2 Å². The maximum absolute atomic E-state index is 12.4. The smallest absolute Gasteiger partial charge is 0.262 e. The molecule has 8 heteroatoms. The predicted octanol–water partition coefficient (Wildman–Crippen LogP) is 2.64. The van der Waals surface area contributed by atoms with E-state index in [4.69, 9.17) is 4.74 Å². The molecule has 138 valence electrons. The van der Waals surface area contributed by atoms with Crippen molar-refractivity contribution in [3.05, 3.63) is 76.7 Å². The Kier molecular flexibility index (Phi) is 4.51. The van der Waals surface area contributed by atoms with Crippen LogP contribution in [0.3, 0.4) is 0 Å². The summed E-state index contributed by atoms with van der Waals surface area (Å²) in [6.07, 6.45) is 1.33. The fraction of sp³-hybridized carbons (Fsp3) is 0.0500. The fourth-order valence-corrected chi connectivity index (χ4v) is 2.72.